The molecule has 0 aromatic rings. The van der Waals surface area contributed by atoms with Gasteiger partial charge in [-0.15, -0.1) is 0 Å². The van der Waals surface area contributed by atoms with Crippen LogP contribution in [0.3, 0.4) is 0 Å². The van der Waals surface area contributed by atoms with Crippen molar-refractivity contribution in [1.29, 1.82) is 0 Å². The first kappa shape index (κ1) is 31.9. The number of unbranched alkanes of at least 4 members (excludes halogenated alkanes) is 10. The van der Waals surface area contributed by atoms with Crippen LogP contribution in [0.2, 0.25) is 0 Å². The maximum atomic E-state index is 3.78. The van der Waals surface area contributed by atoms with Crippen LogP contribution in [-0.4, -0.2) is 11.0 Å². The second-order valence-electron chi connectivity index (χ2n) is 4.54. The summed E-state index contributed by atoms with van der Waals surface area (Å²) < 4.78 is 0. The summed E-state index contributed by atoms with van der Waals surface area (Å²) in [5, 5.41) is 0. The molecule has 0 aliphatic carbocycles. The molecule has 4 N–H and O–H groups in total. The summed E-state index contributed by atoms with van der Waals surface area (Å²) in [6.45, 7) is 12.0. The fourth-order valence-electron chi connectivity index (χ4n) is 1.56. The fourth-order valence-corrected chi connectivity index (χ4v) is 1.56. The van der Waals surface area contributed by atoms with Crippen LogP contribution in [0.25, 0.3) is 0 Å². The van der Waals surface area contributed by atoms with Crippen LogP contribution in [0.15, 0.2) is 0 Å². The van der Waals surface area contributed by atoms with Crippen LogP contribution in [0.5, 0.6) is 0 Å². The zero-order chi connectivity index (χ0) is 12.5. The Kier molecular flexibility index (Phi) is 61.1. The van der Waals surface area contributed by atoms with Gasteiger partial charge in [0.15, 0.2) is 0 Å². The van der Waals surface area contributed by atoms with Crippen molar-refractivity contribution in [3.8, 4) is 0 Å². The molecule has 0 atom stereocenters. The van der Waals surface area contributed by atoms with Crippen LogP contribution < -0.4 is 0 Å². The Morgan fingerprint density at radius 2 is 0.789 bits per heavy atom. The Balaban J connectivity index is -0.0000000594. The molecule has 0 saturated heterocycles. The maximum absolute atomic E-state index is 3.78. The minimum atomic E-state index is 0. The van der Waals surface area contributed by atoms with Crippen molar-refractivity contribution in [2.45, 2.75) is 90.9 Å². The molecule has 0 fully saturated rings. The van der Waals surface area contributed by atoms with Crippen molar-refractivity contribution in [2.24, 2.45) is 0 Å². The average Bonchev–Trinajstić information content (AvgIpc) is 2.31. The van der Waals surface area contributed by atoms with Crippen molar-refractivity contribution in [2.75, 3.05) is 0 Å². The molecule has 120 valence electrons. The van der Waals surface area contributed by atoms with E-state index in [9.17, 15) is 0 Å². The van der Waals surface area contributed by atoms with E-state index < -0.39 is 0 Å². The summed E-state index contributed by atoms with van der Waals surface area (Å²) in [6.07, 6.45) is 16.0. The van der Waals surface area contributed by atoms with E-state index in [-0.39, 0.29) is 36.8 Å². The summed E-state index contributed by atoms with van der Waals surface area (Å²) in [4.78, 5) is 0. The molecule has 0 radical (unpaired) electrons. The third kappa shape index (κ3) is 45.5. The average molecular weight is 441 g/mol. The van der Waals surface area contributed by atoms with Crippen LogP contribution in [0, 0.1) is 13.8 Å². The molecule has 0 aromatic carbocycles. The molecule has 2 nitrogen and oxygen atoms in total. The molecule has 0 spiro atoms. The van der Waals surface area contributed by atoms with Crippen molar-refractivity contribution < 1.29 is 36.8 Å². The number of hydrogen-bond donors (Lipinski definition) is 0. The molecule has 3 heteroatoms. The monoisotopic (exact) mass is 442 g/mol. The molecular formula is C16H38HfO2-2. The van der Waals surface area contributed by atoms with Crippen molar-refractivity contribution in [3.63, 3.8) is 0 Å². The Morgan fingerprint density at radius 3 is 1.00 bits per heavy atom. The largest absolute Gasteiger partial charge is 0.412 e. The van der Waals surface area contributed by atoms with E-state index in [1.807, 2.05) is 0 Å². The van der Waals surface area contributed by atoms with E-state index >= 15 is 0 Å². The SMILES string of the molecule is O.O.[CH2-]CCCCCCC.[CH2-]CCCCCCC.[Hf]. The Labute approximate surface area is 141 Å². The predicted octanol–water partition coefficient (Wildman–Crippen LogP) is 4.71. The van der Waals surface area contributed by atoms with Gasteiger partial charge in [-0.1, -0.05) is 78.1 Å². The molecule has 0 bridgehead atoms. The van der Waals surface area contributed by atoms with Gasteiger partial charge in [-0.25, -0.2) is 0 Å². The van der Waals surface area contributed by atoms with E-state index in [1.54, 1.807) is 0 Å². The quantitative estimate of drug-likeness (QED) is 0.268. The number of rotatable bonds is 10. The summed E-state index contributed by atoms with van der Waals surface area (Å²) in [5.41, 5.74) is 0. The van der Waals surface area contributed by atoms with Crippen molar-refractivity contribution >= 4 is 0 Å². The van der Waals surface area contributed by atoms with Gasteiger partial charge in [0.25, 0.3) is 0 Å². The molecule has 0 aliphatic heterocycles. The van der Waals surface area contributed by atoms with E-state index in [0.717, 1.165) is 12.8 Å². The maximum Gasteiger partial charge on any atom is 0 e. The van der Waals surface area contributed by atoms with Crippen LogP contribution in [0.4, 0.5) is 0 Å². The smallest absolute Gasteiger partial charge is 0 e. The third-order valence-electron chi connectivity index (χ3n) is 2.71. The standard InChI is InChI=1S/2C8H17.Hf.2H2O/c2*1-3-5-7-8-6-4-2;;;/h2*1,3-8H2,2H3;;2*1H2/q2*-1;;;. The molecule has 0 heterocycles. The molecule has 0 aromatic heterocycles. The number of hydrogen-bond acceptors (Lipinski definition) is 0. The summed E-state index contributed by atoms with van der Waals surface area (Å²) in [7, 11) is 0. The van der Waals surface area contributed by atoms with E-state index in [0.29, 0.717) is 0 Å². The van der Waals surface area contributed by atoms with Gasteiger partial charge in [0.2, 0.25) is 0 Å². The Morgan fingerprint density at radius 1 is 0.526 bits per heavy atom. The molecule has 0 rings (SSSR count). The van der Waals surface area contributed by atoms with Gasteiger partial charge in [0.1, 0.15) is 0 Å². The van der Waals surface area contributed by atoms with Gasteiger partial charge < -0.3 is 24.8 Å². The van der Waals surface area contributed by atoms with Crippen molar-refractivity contribution in [1.82, 2.24) is 0 Å². The first-order valence-corrected chi connectivity index (χ1v) is 7.41. The van der Waals surface area contributed by atoms with Crippen molar-refractivity contribution in [3.05, 3.63) is 13.8 Å². The van der Waals surface area contributed by atoms with Gasteiger partial charge in [-0.05, 0) is 0 Å². The van der Waals surface area contributed by atoms with E-state index in [1.165, 1.54) is 64.2 Å². The topological polar surface area (TPSA) is 63.0 Å². The van der Waals surface area contributed by atoms with E-state index in [2.05, 4.69) is 27.7 Å². The molecular weight excluding hydrogens is 403 g/mol. The van der Waals surface area contributed by atoms with Gasteiger partial charge in [0.05, 0.1) is 0 Å². The van der Waals surface area contributed by atoms with Crippen LogP contribution in [-0.2, 0) is 25.8 Å². The summed E-state index contributed by atoms with van der Waals surface area (Å²) >= 11 is 0. The molecule has 19 heavy (non-hydrogen) atoms. The Hall–Kier alpha value is 0.790. The second kappa shape index (κ2) is 36.4. The molecule has 0 aliphatic rings. The van der Waals surface area contributed by atoms with Gasteiger partial charge in [-0.2, -0.15) is 12.8 Å². The minimum absolute atomic E-state index is 0. The Bertz CT molecular complexity index is 76.7. The normalized spacial score (nSPS) is 8.21. The minimum Gasteiger partial charge on any atom is -0.412 e. The third-order valence-corrected chi connectivity index (χ3v) is 2.71. The van der Waals surface area contributed by atoms with Gasteiger partial charge in [0, 0.05) is 25.8 Å². The van der Waals surface area contributed by atoms with Gasteiger partial charge in [-0.3, -0.25) is 0 Å². The summed E-state index contributed by atoms with van der Waals surface area (Å²) in [5.74, 6) is 0. The molecule has 0 saturated carbocycles. The zero-order valence-electron chi connectivity index (χ0n) is 13.4. The van der Waals surface area contributed by atoms with Gasteiger partial charge >= 0.3 is 0 Å². The van der Waals surface area contributed by atoms with E-state index in [4.69, 9.17) is 0 Å². The molecule has 0 unspecified atom stereocenters. The van der Waals surface area contributed by atoms with Crippen LogP contribution in [0.1, 0.15) is 90.9 Å². The summed E-state index contributed by atoms with van der Waals surface area (Å²) in [6, 6.07) is 0. The second-order valence-corrected chi connectivity index (χ2v) is 4.54. The fraction of sp³-hybridized carbons (Fsp3) is 0.875. The zero-order valence-corrected chi connectivity index (χ0v) is 17.0. The predicted molar refractivity (Wildman–Crippen MR) is 84.7 cm³/mol. The van der Waals surface area contributed by atoms with Crippen LogP contribution >= 0.6 is 0 Å². The first-order valence-electron chi connectivity index (χ1n) is 7.41. The molecule has 0 amide bonds. The first-order chi connectivity index (χ1) is 7.83.